The summed E-state index contributed by atoms with van der Waals surface area (Å²) in [5.41, 5.74) is 3.22. The number of benzene rings is 1. The van der Waals surface area contributed by atoms with E-state index in [0.29, 0.717) is 11.0 Å². The van der Waals surface area contributed by atoms with Crippen molar-refractivity contribution in [2.75, 3.05) is 0 Å². The molecule has 0 fully saturated rings. The van der Waals surface area contributed by atoms with Gasteiger partial charge in [0.1, 0.15) is 5.15 Å². The van der Waals surface area contributed by atoms with Crippen LogP contribution in [0.25, 0.3) is 10.9 Å². The number of aromatic nitrogens is 1. The van der Waals surface area contributed by atoms with Gasteiger partial charge in [0.25, 0.3) is 0 Å². The van der Waals surface area contributed by atoms with Gasteiger partial charge in [-0.3, -0.25) is 0 Å². The molecule has 2 rings (SSSR count). The first kappa shape index (κ1) is 12.7. The van der Waals surface area contributed by atoms with Crippen LogP contribution >= 0.6 is 23.2 Å². The van der Waals surface area contributed by atoms with E-state index in [1.165, 1.54) is 5.56 Å². The Labute approximate surface area is 112 Å². The van der Waals surface area contributed by atoms with Gasteiger partial charge in [-0.2, -0.15) is 0 Å². The molecule has 0 aliphatic carbocycles. The summed E-state index contributed by atoms with van der Waals surface area (Å²) in [7, 11) is 0. The minimum absolute atomic E-state index is 0.134. The van der Waals surface area contributed by atoms with Crippen molar-refractivity contribution in [1.29, 1.82) is 0 Å². The Kier molecular flexibility index (Phi) is 3.33. The highest BCUT2D eigenvalue weighted by Crippen LogP contribution is 2.28. The standard InChI is InChI=1S/C14H15Cl2N/c1-14(2,3)11-4-5-12-9(7-11)6-10(8-15)13(16)17-12/h4-7H,8H2,1-3H3. The van der Waals surface area contributed by atoms with Crippen molar-refractivity contribution in [3.63, 3.8) is 0 Å². The molecule has 1 heterocycles. The predicted molar refractivity (Wildman–Crippen MR) is 75.0 cm³/mol. The highest BCUT2D eigenvalue weighted by atomic mass is 35.5. The van der Waals surface area contributed by atoms with Gasteiger partial charge in [0.05, 0.1) is 11.4 Å². The lowest BCUT2D eigenvalue weighted by Gasteiger charge is -2.19. The summed E-state index contributed by atoms with van der Waals surface area (Å²) in [5, 5.41) is 1.59. The van der Waals surface area contributed by atoms with Crippen LogP contribution in [-0.4, -0.2) is 4.98 Å². The normalized spacial score (nSPS) is 12.1. The zero-order valence-electron chi connectivity index (χ0n) is 10.2. The highest BCUT2D eigenvalue weighted by molar-refractivity contribution is 6.31. The molecule has 0 spiro atoms. The van der Waals surface area contributed by atoms with Gasteiger partial charge >= 0.3 is 0 Å². The van der Waals surface area contributed by atoms with Crippen LogP contribution < -0.4 is 0 Å². The molecule has 0 amide bonds. The maximum Gasteiger partial charge on any atom is 0.134 e. The third kappa shape index (κ3) is 2.56. The number of hydrogen-bond acceptors (Lipinski definition) is 1. The molecule has 0 unspecified atom stereocenters. The molecule has 0 aliphatic heterocycles. The van der Waals surface area contributed by atoms with Crippen LogP contribution in [0.5, 0.6) is 0 Å². The largest absolute Gasteiger partial charge is 0.236 e. The van der Waals surface area contributed by atoms with Crippen molar-refractivity contribution >= 4 is 34.1 Å². The van der Waals surface area contributed by atoms with Crippen LogP contribution in [0.15, 0.2) is 24.3 Å². The summed E-state index contributed by atoms with van der Waals surface area (Å²) in [5.74, 6) is 0.390. The molecular weight excluding hydrogens is 253 g/mol. The number of fused-ring (bicyclic) bond motifs is 1. The van der Waals surface area contributed by atoms with E-state index in [4.69, 9.17) is 23.2 Å². The summed E-state index contributed by atoms with van der Waals surface area (Å²) < 4.78 is 0. The molecular formula is C14H15Cl2N. The van der Waals surface area contributed by atoms with Gasteiger partial charge in [-0.15, -0.1) is 11.6 Å². The Balaban J connectivity index is 2.65. The minimum Gasteiger partial charge on any atom is -0.236 e. The van der Waals surface area contributed by atoms with Crippen molar-refractivity contribution in [3.8, 4) is 0 Å². The van der Waals surface area contributed by atoms with Gasteiger partial charge in [-0.25, -0.2) is 4.98 Å². The molecule has 0 bridgehead atoms. The van der Waals surface area contributed by atoms with E-state index in [0.717, 1.165) is 16.5 Å². The second kappa shape index (κ2) is 4.47. The van der Waals surface area contributed by atoms with Crippen molar-refractivity contribution in [2.24, 2.45) is 0 Å². The Bertz CT molecular complexity index is 556. The molecule has 0 saturated heterocycles. The molecule has 3 heteroatoms. The molecule has 1 aromatic heterocycles. The second-order valence-electron chi connectivity index (χ2n) is 5.23. The van der Waals surface area contributed by atoms with Crippen LogP contribution in [0.1, 0.15) is 31.9 Å². The molecule has 0 N–H and O–H groups in total. The Morgan fingerprint density at radius 3 is 2.47 bits per heavy atom. The van der Waals surface area contributed by atoms with E-state index in [2.05, 4.69) is 37.9 Å². The molecule has 17 heavy (non-hydrogen) atoms. The lowest BCUT2D eigenvalue weighted by molar-refractivity contribution is 0.591. The summed E-state index contributed by atoms with van der Waals surface area (Å²) in [4.78, 5) is 4.35. The van der Waals surface area contributed by atoms with Crippen molar-refractivity contribution < 1.29 is 0 Å². The molecule has 1 nitrogen and oxygen atoms in total. The third-order valence-electron chi connectivity index (χ3n) is 2.85. The first-order valence-corrected chi connectivity index (χ1v) is 6.48. The molecule has 2 aromatic rings. The van der Waals surface area contributed by atoms with Gasteiger partial charge in [-0.05, 0) is 29.2 Å². The number of pyridine rings is 1. The Morgan fingerprint density at radius 2 is 1.88 bits per heavy atom. The lowest BCUT2D eigenvalue weighted by atomic mass is 9.86. The minimum atomic E-state index is 0.134. The number of nitrogens with zero attached hydrogens (tertiary/aromatic N) is 1. The van der Waals surface area contributed by atoms with E-state index < -0.39 is 0 Å². The van der Waals surface area contributed by atoms with E-state index in [9.17, 15) is 0 Å². The van der Waals surface area contributed by atoms with Gasteiger partial charge in [0.15, 0.2) is 0 Å². The topological polar surface area (TPSA) is 12.9 Å². The van der Waals surface area contributed by atoms with E-state index in [1.54, 1.807) is 0 Å². The number of halogens is 2. The fraction of sp³-hybridized carbons (Fsp3) is 0.357. The van der Waals surface area contributed by atoms with E-state index in [-0.39, 0.29) is 5.41 Å². The predicted octanol–water partition coefficient (Wildman–Crippen LogP) is 4.92. The number of alkyl halides is 1. The monoisotopic (exact) mass is 267 g/mol. The lowest BCUT2D eigenvalue weighted by Crippen LogP contribution is -2.10. The Hall–Kier alpha value is -0.790. The first-order valence-electron chi connectivity index (χ1n) is 5.57. The third-order valence-corrected chi connectivity index (χ3v) is 3.47. The van der Waals surface area contributed by atoms with Gasteiger partial charge in [0.2, 0.25) is 0 Å². The summed E-state index contributed by atoms with van der Waals surface area (Å²) in [6.45, 7) is 6.58. The number of hydrogen-bond donors (Lipinski definition) is 0. The second-order valence-corrected chi connectivity index (χ2v) is 5.85. The van der Waals surface area contributed by atoms with Gasteiger partial charge in [-0.1, -0.05) is 38.4 Å². The smallest absolute Gasteiger partial charge is 0.134 e. The van der Waals surface area contributed by atoms with Crippen LogP contribution in [-0.2, 0) is 11.3 Å². The maximum absolute atomic E-state index is 6.04. The fourth-order valence-electron chi connectivity index (χ4n) is 1.76. The van der Waals surface area contributed by atoms with Crippen molar-refractivity contribution in [3.05, 3.63) is 40.5 Å². The average molecular weight is 268 g/mol. The zero-order chi connectivity index (χ0) is 12.6. The fourth-order valence-corrected chi connectivity index (χ4v) is 2.24. The highest BCUT2D eigenvalue weighted by Gasteiger charge is 2.14. The van der Waals surface area contributed by atoms with Crippen LogP contribution in [0.2, 0.25) is 5.15 Å². The maximum atomic E-state index is 6.04. The van der Waals surface area contributed by atoms with Gasteiger partial charge < -0.3 is 0 Å². The van der Waals surface area contributed by atoms with Crippen molar-refractivity contribution in [1.82, 2.24) is 4.98 Å². The average Bonchev–Trinajstić information content (AvgIpc) is 2.26. The zero-order valence-corrected chi connectivity index (χ0v) is 11.7. The molecule has 1 aromatic carbocycles. The molecule has 90 valence electrons. The quantitative estimate of drug-likeness (QED) is 0.528. The molecule has 0 atom stereocenters. The van der Waals surface area contributed by atoms with Crippen LogP contribution in [0, 0.1) is 0 Å². The Morgan fingerprint density at radius 1 is 1.18 bits per heavy atom. The first-order chi connectivity index (χ1) is 7.91. The summed E-state index contributed by atoms with van der Waals surface area (Å²) in [6, 6.07) is 8.30. The van der Waals surface area contributed by atoms with Gasteiger partial charge in [0, 0.05) is 10.9 Å². The molecule has 0 saturated carbocycles. The number of rotatable bonds is 1. The van der Waals surface area contributed by atoms with E-state index in [1.807, 2.05) is 12.1 Å². The molecule has 0 radical (unpaired) electrons. The summed E-state index contributed by atoms with van der Waals surface area (Å²) >= 11 is 11.9. The van der Waals surface area contributed by atoms with Crippen molar-refractivity contribution in [2.45, 2.75) is 32.1 Å². The van der Waals surface area contributed by atoms with E-state index >= 15 is 0 Å². The summed E-state index contributed by atoms with van der Waals surface area (Å²) in [6.07, 6.45) is 0. The molecule has 0 aliphatic rings. The van der Waals surface area contributed by atoms with Crippen LogP contribution in [0.4, 0.5) is 0 Å². The SMILES string of the molecule is CC(C)(C)c1ccc2nc(Cl)c(CCl)cc2c1. The van der Waals surface area contributed by atoms with Crippen LogP contribution in [0.3, 0.4) is 0 Å².